The molecule has 0 saturated heterocycles. The van der Waals surface area contributed by atoms with Crippen LogP contribution in [0, 0.1) is 0 Å². The van der Waals surface area contributed by atoms with Crippen LogP contribution < -0.4 is 10.2 Å². The summed E-state index contributed by atoms with van der Waals surface area (Å²) in [6.07, 6.45) is 1.66. The molecule has 3 aromatic rings. The lowest BCUT2D eigenvalue weighted by Crippen LogP contribution is -2.09. The Morgan fingerprint density at radius 2 is 2.04 bits per heavy atom. The van der Waals surface area contributed by atoms with Crippen LogP contribution in [0.25, 0.3) is 10.2 Å². The average molecular weight is 327 g/mol. The SMILES string of the molecule is O=C(O)COc1ccc(C=NNc2nc3ccccc3s2)cc1. The van der Waals surface area contributed by atoms with Crippen molar-refractivity contribution in [2.45, 2.75) is 0 Å². The summed E-state index contributed by atoms with van der Waals surface area (Å²) in [5.74, 6) is -0.501. The number of thiazole rings is 1. The molecular weight excluding hydrogens is 314 g/mol. The molecular formula is C16H13N3O3S. The van der Waals surface area contributed by atoms with Crippen molar-refractivity contribution in [3.8, 4) is 5.75 Å². The summed E-state index contributed by atoms with van der Waals surface area (Å²) >= 11 is 1.53. The van der Waals surface area contributed by atoms with E-state index < -0.39 is 5.97 Å². The first-order valence-electron chi connectivity index (χ1n) is 6.80. The number of rotatable bonds is 6. The number of aliphatic carboxylic acids is 1. The van der Waals surface area contributed by atoms with Crippen molar-refractivity contribution in [3.63, 3.8) is 0 Å². The zero-order valence-corrected chi connectivity index (χ0v) is 12.8. The van der Waals surface area contributed by atoms with Gasteiger partial charge in [-0.15, -0.1) is 0 Å². The first-order chi connectivity index (χ1) is 11.2. The number of fused-ring (bicyclic) bond motifs is 1. The van der Waals surface area contributed by atoms with E-state index in [9.17, 15) is 4.79 Å². The third-order valence-corrected chi connectivity index (χ3v) is 3.85. The minimum absolute atomic E-state index is 0.355. The number of nitrogens with one attached hydrogen (secondary N) is 1. The molecule has 0 bridgehead atoms. The number of benzene rings is 2. The lowest BCUT2D eigenvalue weighted by atomic mass is 10.2. The predicted octanol–water partition coefficient (Wildman–Crippen LogP) is 3.21. The highest BCUT2D eigenvalue weighted by Crippen LogP contribution is 2.25. The molecule has 23 heavy (non-hydrogen) atoms. The summed E-state index contributed by atoms with van der Waals surface area (Å²) in [7, 11) is 0. The fourth-order valence-electron chi connectivity index (χ4n) is 1.88. The number of carboxylic acids is 1. The third kappa shape index (κ3) is 4.04. The number of nitrogens with zero attached hydrogens (tertiary/aromatic N) is 2. The number of aromatic nitrogens is 1. The molecule has 6 nitrogen and oxygen atoms in total. The summed E-state index contributed by atoms with van der Waals surface area (Å²) in [6, 6.07) is 14.9. The molecule has 0 saturated carbocycles. The van der Waals surface area contributed by atoms with Crippen LogP contribution in [0.15, 0.2) is 53.6 Å². The fourth-order valence-corrected chi connectivity index (χ4v) is 2.69. The molecule has 116 valence electrons. The van der Waals surface area contributed by atoms with E-state index >= 15 is 0 Å². The second kappa shape index (κ2) is 6.89. The highest BCUT2D eigenvalue weighted by atomic mass is 32.1. The molecule has 0 amide bonds. The molecule has 7 heteroatoms. The Hall–Kier alpha value is -2.93. The summed E-state index contributed by atoms with van der Waals surface area (Å²) in [5.41, 5.74) is 4.71. The normalized spacial score (nSPS) is 11.0. The number of ether oxygens (including phenoxy) is 1. The van der Waals surface area contributed by atoms with E-state index in [0.29, 0.717) is 5.75 Å². The molecule has 0 aliphatic rings. The van der Waals surface area contributed by atoms with Gasteiger partial charge in [0, 0.05) is 0 Å². The number of hydrogen-bond acceptors (Lipinski definition) is 6. The first kappa shape index (κ1) is 15.0. The molecule has 0 radical (unpaired) electrons. The van der Waals surface area contributed by atoms with Crippen LogP contribution >= 0.6 is 11.3 Å². The summed E-state index contributed by atoms with van der Waals surface area (Å²) < 4.78 is 6.16. The van der Waals surface area contributed by atoms with Gasteiger partial charge in [0.25, 0.3) is 0 Å². The maximum Gasteiger partial charge on any atom is 0.341 e. The standard InChI is InChI=1S/C16H13N3O3S/c20-15(21)10-22-12-7-5-11(6-8-12)9-17-19-16-18-13-3-1-2-4-14(13)23-16/h1-9H,10H2,(H,18,19)(H,20,21). The second-order valence-corrected chi connectivity index (χ2v) is 5.64. The van der Waals surface area contributed by atoms with Crippen molar-refractivity contribution >= 4 is 38.9 Å². The molecule has 0 fully saturated rings. The highest BCUT2D eigenvalue weighted by Gasteiger charge is 2.01. The van der Waals surface area contributed by atoms with Gasteiger partial charge in [-0.05, 0) is 42.0 Å². The van der Waals surface area contributed by atoms with Crippen LogP contribution in [0.1, 0.15) is 5.56 Å². The number of para-hydroxylation sites is 1. The molecule has 3 rings (SSSR count). The Balaban J connectivity index is 1.60. The van der Waals surface area contributed by atoms with Crippen LogP contribution in [0.4, 0.5) is 5.13 Å². The van der Waals surface area contributed by atoms with Crippen molar-refractivity contribution < 1.29 is 14.6 Å². The van der Waals surface area contributed by atoms with Crippen molar-refractivity contribution in [2.24, 2.45) is 5.10 Å². The van der Waals surface area contributed by atoms with E-state index in [0.717, 1.165) is 20.9 Å². The molecule has 1 aromatic heterocycles. The van der Waals surface area contributed by atoms with Crippen LogP contribution in [-0.4, -0.2) is 28.9 Å². The monoisotopic (exact) mass is 327 g/mol. The lowest BCUT2D eigenvalue weighted by Gasteiger charge is -2.02. The van der Waals surface area contributed by atoms with Gasteiger partial charge in [0.1, 0.15) is 5.75 Å². The van der Waals surface area contributed by atoms with E-state index in [-0.39, 0.29) is 6.61 Å². The van der Waals surface area contributed by atoms with Gasteiger partial charge in [-0.1, -0.05) is 23.5 Å². The Labute approximate surface area is 136 Å². The van der Waals surface area contributed by atoms with Crippen molar-refractivity contribution in [1.29, 1.82) is 0 Å². The first-order valence-corrected chi connectivity index (χ1v) is 7.62. The largest absolute Gasteiger partial charge is 0.482 e. The van der Waals surface area contributed by atoms with Gasteiger partial charge in [-0.25, -0.2) is 9.78 Å². The maximum atomic E-state index is 10.4. The number of hydrazone groups is 1. The highest BCUT2D eigenvalue weighted by molar-refractivity contribution is 7.22. The van der Waals surface area contributed by atoms with E-state index in [1.54, 1.807) is 30.5 Å². The lowest BCUT2D eigenvalue weighted by molar-refractivity contribution is -0.139. The number of carboxylic acid groups (broad SMARTS) is 1. The number of carbonyl (C=O) groups is 1. The second-order valence-electron chi connectivity index (χ2n) is 4.61. The molecule has 0 aliphatic carbocycles. The minimum atomic E-state index is -1.00. The minimum Gasteiger partial charge on any atom is -0.482 e. The molecule has 0 aliphatic heterocycles. The molecule has 0 spiro atoms. The smallest absolute Gasteiger partial charge is 0.341 e. The third-order valence-electron chi connectivity index (χ3n) is 2.91. The number of hydrogen-bond donors (Lipinski definition) is 2. The van der Waals surface area contributed by atoms with Crippen molar-refractivity contribution in [3.05, 3.63) is 54.1 Å². The van der Waals surface area contributed by atoms with Crippen LogP contribution in [0.5, 0.6) is 5.75 Å². The number of anilines is 1. The van der Waals surface area contributed by atoms with Gasteiger partial charge in [0.15, 0.2) is 6.61 Å². The zero-order valence-electron chi connectivity index (χ0n) is 12.0. The van der Waals surface area contributed by atoms with Crippen molar-refractivity contribution in [1.82, 2.24) is 4.98 Å². The van der Waals surface area contributed by atoms with Crippen molar-refractivity contribution in [2.75, 3.05) is 12.0 Å². The van der Waals surface area contributed by atoms with E-state index in [2.05, 4.69) is 15.5 Å². The van der Waals surface area contributed by atoms with Gasteiger partial charge in [0.05, 0.1) is 16.4 Å². The zero-order chi connectivity index (χ0) is 16.1. The van der Waals surface area contributed by atoms with E-state index in [1.807, 2.05) is 24.3 Å². The molecule has 2 N–H and O–H groups in total. The Kier molecular flexibility index (Phi) is 4.49. The van der Waals surface area contributed by atoms with Crippen LogP contribution in [0.2, 0.25) is 0 Å². The van der Waals surface area contributed by atoms with E-state index in [1.165, 1.54) is 11.3 Å². The average Bonchev–Trinajstić information content (AvgIpc) is 2.97. The van der Waals surface area contributed by atoms with Gasteiger partial charge >= 0.3 is 5.97 Å². The summed E-state index contributed by atoms with van der Waals surface area (Å²) in [6.45, 7) is -0.355. The Morgan fingerprint density at radius 1 is 1.26 bits per heavy atom. The maximum absolute atomic E-state index is 10.4. The topological polar surface area (TPSA) is 83.8 Å². The molecule has 0 unspecified atom stereocenters. The van der Waals surface area contributed by atoms with Gasteiger partial charge in [0.2, 0.25) is 5.13 Å². The summed E-state index contributed by atoms with van der Waals surface area (Å²) in [5, 5.41) is 13.4. The van der Waals surface area contributed by atoms with Gasteiger partial charge in [-0.2, -0.15) is 5.10 Å². The fraction of sp³-hybridized carbons (Fsp3) is 0.0625. The van der Waals surface area contributed by atoms with Gasteiger partial charge < -0.3 is 9.84 Å². The molecule has 0 atom stereocenters. The Bertz CT molecular complexity index is 810. The molecule has 2 aromatic carbocycles. The van der Waals surface area contributed by atoms with Gasteiger partial charge in [-0.3, -0.25) is 5.43 Å². The quantitative estimate of drug-likeness (QED) is 0.536. The van der Waals surface area contributed by atoms with Crippen LogP contribution in [-0.2, 0) is 4.79 Å². The summed E-state index contributed by atoms with van der Waals surface area (Å²) in [4.78, 5) is 14.8. The van der Waals surface area contributed by atoms with E-state index in [4.69, 9.17) is 9.84 Å². The predicted molar refractivity (Wildman–Crippen MR) is 90.4 cm³/mol. The molecule has 1 heterocycles. The van der Waals surface area contributed by atoms with Crippen LogP contribution in [0.3, 0.4) is 0 Å². The Morgan fingerprint density at radius 3 is 2.78 bits per heavy atom.